The van der Waals surface area contributed by atoms with Gasteiger partial charge in [0.1, 0.15) is 0 Å². The Morgan fingerprint density at radius 1 is 1.25 bits per heavy atom. The lowest BCUT2D eigenvalue weighted by molar-refractivity contribution is 0.0783. The molecule has 3 rings (SSSR count). The summed E-state index contributed by atoms with van der Waals surface area (Å²) in [6.45, 7) is 1.56. The zero-order valence-corrected chi connectivity index (χ0v) is 12.7. The third kappa shape index (κ3) is 2.54. The largest absolute Gasteiger partial charge is 0.338 e. The predicted octanol–water partition coefficient (Wildman–Crippen LogP) is 3.19. The maximum absolute atomic E-state index is 12.6. The first-order chi connectivity index (χ1) is 9.56. The second kappa shape index (κ2) is 5.55. The van der Waals surface area contributed by atoms with E-state index in [4.69, 9.17) is 28.9 Å². The number of rotatable bonds is 1. The van der Waals surface area contributed by atoms with Crippen molar-refractivity contribution in [1.29, 1.82) is 0 Å². The molecule has 2 fully saturated rings. The molecule has 2 N–H and O–H groups in total. The summed E-state index contributed by atoms with van der Waals surface area (Å²) in [7, 11) is 0. The first kappa shape index (κ1) is 14.2. The Morgan fingerprint density at radius 3 is 2.75 bits per heavy atom. The van der Waals surface area contributed by atoms with Crippen LogP contribution in [0.15, 0.2) is 18.2 Å². The molecule has 5 heteroatoms. The molecule has 1 saturated carbocycles. The molecule has 1 aliphatic heterocycles. The van der Waals surface area contributed by atoms with Gasteiger partial charge >= 0.3 is 0 Å². The standard InChI is InChI=1S/C15H18Cl2N2O/c16-10-4-5-11(13(17)6-10)15(20)19-7-9-2-1-3-14(18)12(9)8-19/h4-6,9,12,14H,1-3,7-8,18H2. The second-order valence-corrected chi connectivity index (χ2v) is 6.70. The third-order valence-electron chi connectivity index (χ3n) is 4.60. The number of benzene rings is 1. The van der Waals surface area contributed by atoms with Crippen LogP contribution in [0, 0.1) is 11.8 Å². The second-order valence-electron chi connectivity index (χ2n) is 5.85. The normalized spacial score (nSPS) is 29.4. The van der Waals surface area contributed by atoms with Crippen molar-refractivity contribution >= 4 is 29.1 Å². The van der Waals surface area contributed by atoms with Crippen LogP contribution in [0.3, 0.4) is 0 Å². The molecule has 20 heavy (non-hydrogen) atoms. The highest BCUT2D eigenvalue weighted by molar-refractivity contribution is 6.36. The van der Waals surface area contributed by atoms with Gasteiger partial charge < -0.3 is 10.6 Å². The quantitative estimate of drug-likeness (QED) is 0.865. The average Bonchev–Trinajstić information content (AvgIpc) is 2.83. The van der Waals surface area contributed by atoms with E-state index in [1.807, 2.05) is 4.90 Å². The molecule has 0 bridgehead atoms. The van der Waals surface area contributed by atoms with Gasteiger partial charge in [-0.1, -0.05) is 29.6 Å². The Morgan fingerprint density at radius 2 is 2.05 bits per heavy atom. The molecular weight excluding hydrogens is 295 g/mol. The number of carbonyl (C=O) groups is 1. The first-order valence-corrected chi connectivity index (χ1v) is 7.82. The summed E-state index contributed by atoms with van der Waals surface area (Å²) in [4.78, 5) is 14.5. The number of hydrogen-bond donors (Lipinski definition) is 1. The number of nitrogens with zero attached hydrogens (tertiary/aromatic N) is 1. The van der Waals surface area contributed by atoms with Crippen molar-refractivity contribution in [3.05, 3.63) is 33.8 Å². The molecule has 1 aliphatic carbocycles. The molecular formula is C15H18Cl2N2O. The Hall–Kier alpha value is -0.770. The molecule has 3 nitrogen and oxygen atoms in total. The van der Waals surface area contributed by atoms with Gasteiger partial charge in [0.2, 0.25) is 0 Å². The van der Waals surface area contributed by atoms with Gasteiger partial charge in [0, 0.05) is 24.2 Å². The van der Waals surface area contributed by atoms with Crippen LogP contribution in [-0.4, -0.2) is 29.9 Å². The molecule has 1 aromatic rings. The van der Waals surface area contributed by atoms with E-state index in [2.05, 4.69) is 0 Å². The van der Waals surface area contributed by atoms with Gasteiger partial charge in [0.05, 0.1) is 10.6 Å². The monoisotopic (exact) mass is 312 g/mol. The number of hydrogen-bond acceptors (Lipinski definition) is 2. The van der Waals surface area contributed by atoms with E-state index < -0.39 is 0 Å². The smallest absolute Gasteiger partial charge is 0.255 e. The van der Waals surface area contributed by atoms with E-state index in [1.54, 1.807) is 18.2 Å². The summed E-state index contributed by atoms with van der Waals surface area (Å²) in [6, 6.07) is 5.25. The van der Waals surface area contributed by atoms with Crippen LogP contribution >= 0.6 is 23.2 Å². The highest BCUT2D eigenvalue weighted by Crippen LogP contribution is 2.36. The highest BCUT2D eigenvalue weighted by atomic mass is 35.5. The molecule has 1 aromatic carbocycles. The van der Waals surface area contributed by atoms with Gasteiger partial charge in [-0.2, -0.15) is 0 Å². The number of nitrogens with two attached hydrogens (primary N) is 1. The minimum absolute atomic E-state index is 0.00623. The van der Waals surface area contributed by atoms with Gasteiger partial charge in [0.15, 0.2) is 0 Å². The maximum atomic E-state index is 12.6. The Balaban J connectivity index is 1.78. The zero-order chi connectivity index (χ0) is 14.3. The van der Waals surface area contributed by atoms with Crippen LogP contribution in [0.1, 0.15) is 29.6 Å². The van der Waals surface area contributed by atoms with Crippen molar-refractivity contribution in [2.45, 2.75) is 25.3 Å². The summed E-state index contributed by atoms with van der Waals surface area (Å²) < 4.78 is 0. The fourth-order valence-electron chi connectivity index (χ4n) is 3.52. The van der Waals surface area contributed by atoms with E-state index in [0.717, 1.165) is 19.5 Å². The highest BCUT2D eigenvalue weighted by Gasteiger charge is 2.40. The Bertz CT molecular complexity index is 535. The van der Waals surface area contributed by atoms with Gasteiger partial charge in [-0.05, 0) is 42.9 Å². The molecule has 0 spiro atoms. The van der Waals surface area contributed by atoms with Crippen LogP contribution < -0.4 is 5.73 Å². The van der Waals surface area contributed by atoms with Crippen molar-refractivity contribution in [2.75, 3.05) is 13.1 Å². The molecule has 2 aliphatic rings. The van der Waals surface area contributed by atoms with Crippen molar-refractivity contribution in [3.8, 4) is 0 Å². The van der Waals surface area contributed by atoms with Gasteiger partial charge in [-0.15, -0.1) is 0 Å². The van der Waals surface area contributed by atoms with E-state index in [0.29, 0.717) is 27.4 Å². The zero-order valence-electron chi connectivity index (χ0n) is 11.2. The van der Waals surface area contributed by atoms with Crippen LogP contribution in [0.4, 0.5) is 0 Å². The molecule has 1 heterocycles. The molecule has 3 atom stereocenters. The van der Waals surface area contributed by atoms with E-state index in [-0.39, 0.29) is 11.9 Å². The van der Waals surface area contributed by atoms with Crippen molar-refractivity contribution in [3.63, 3.8) is 0 Å². The molecule has 0 aromatic heterocycles. The van der Waals surface area contributed by atoms with Crippen LogP contribution in [0.2, 0.25) is 10.0 Å². The average molecular weight is 313 g/mol. The maximum Gasteiger partial charge on any atom is 0.255 e. The summed E-state index contributed by atoms with van der Waals surface area (Å²) in [5.41, 5.74) is 6.72. The molecule has 3 unspecified atom stereocenters. The van der Waals surface area contributed by atoms with Gasteiger partial charge in [-0.25, -0.2) is 0 Å². The Labute approximate surface area is 129 Å². The summed E-state index contributed by atoms with van der Waals surface area (Å²) in [5, 5.41) is 0.963. The van der Waals surface area contributed by atoms with E-state index in [9.17, 15) is 4.79 Å². The minimum atomic E-state index is -0.00623. The van der Waals surface area contributed by atoms with Crippen molar-refractivity contribution in [1.82, 2.24) is 4.90 Å². The fraction of sp³-hybridized carbons (Fsp3) is 0.533. The number of halogens is 2. The third-order valence-corrected chi connectivity index (χ3v) is 5.15. The molecule has 108 valence electrons. The fourth-order valence-corrected chi connectivity index (χ4v) is 4.01. The van der Waals surface area contributed by atoms with Crippen LogP contribution in [0.5, 0.6) is 0 Å². The number of carbonyl (C=O) groups excluding carboxylic acids is 1. The van der Waals surface area contributed by atoms with Crippen LogP contribution in [-0.2, 0) is 0 Å². The lowest BCUT2D eigenvalue weighted by Crippen LogP contribution is -2.38. The van der Waals surface area contributed by atoms with E-state index >= 15 is 0 Å². The number of likely N-dealkylation sites (tertiary alicyclic amines) is 1. The summed E-state index contributed by atoms with van der Waals surface area (Å²) in [6.07, 6.45) is 3.42. The van der Waals surface area contributed by atoms with Gasteiger partial charge in [-0.3, -0.25) is 4.79 Å². The summed E-state index contributed by atoms with van der Waals surface area (Å²) >= 11 is 12.0. The number of fused-ring (bicyclic) bond motifs is 1. The van der Waals surface area contributed by atoms with Crippen molar-refractivity contribution in [2.24, 2.45) is 17.6 Å². The van der Waals surface area contributed by atoms with Gasteiger partial charge in [0.25, 0.3) is 5.91 Å². The topological polar surface area (TPSA) is 46.3 Å². The first-order valence-electron chi connectivity index (χ1n) is 7.06. The molecule has 1 saturated heterocycles. The van der Waals surface area contributed by atoms with E-state index in [1.165, 1.54) is 12.8 Å². The predicted molar refractivity (Wildman–Crippen MR) is 81.2 cm³/mol. The number of amides is 1. The van der Waals surface area contributed by atoms with Crippen molar-refractivity contribution < 1.29 is 4.79 Å². The SMILES string of the molecule is NC1CCCC2CN(C(=O)c3ccc(Cl)cc3Cl)CC12. The Kier molecular flexibility index (Phi) is 3.93. The van der Waals surface area contributed by atoms with Crippen LogP contribution in [0.25, 0.3) is 0 Å². The molecule has 1 amide bonds. The summed E-state index contributed by atoms with van der Waals surface area (Å²) in [5.74, 6) is 0.987. The lowest BCUT2D eigenvalue weighted by Gasteiger charge is -2.29. The lowest BCUT2D eigenvalue weighted by atomic mass is 9.78. The minimum Gasteiger partial charge on any atom is -0.338 e. The molecule has 0 radical (unpaired) electrons.